The first-order valence-electron chi connectivity index (χ1n) is 9.88. The van der Waals surface area contributed by atoms with E-state index < -0.39 is 0 Å². The fraction of sp³-hybridized carbons (Fsp3) is 0.650. The zero-order valence-electron chi connectivity index (χ0n) is 15.5. The number of amides is 1. The van der Waals surface area contributed by atoms with Crippen molar-refractivity contribution in [2.24, 2.45) is 0 Å². The second-order valence-corrected chi connectivity index (χ2v) is 7.36. The standard InChI is InChI=1S/C20H29N5O/c21-15-17-7-6-10-22-20(17)25-13-11-24(12-14-25)16-19(26)23-18-8-4-2-1-3-5-9-18/h6-7,10,18H,1-5,8-9,11-14,16H2,(H,23,26). The van der Waals surface area contributed by atoms with Crippen LogP contribution in [0.4, 0.5) is 5.82 Å². The van der Waals surface area contributed by atoms with Gasteiger partial charge in [-0.25, -0.2) is 4.98 Å². The number of nitrogens with zero attached hydrogens (tertiary/aromatic N) is 4. The molecule has 1 saturated carbocycles. The Morgan fingerprint density at radius 3 is 2.54 bits per heavy atom. The summed E-state index contributed by atoms with van der Waals surface area (Å²) in [6.45, 7) is 3.70. The first-order chi connectivity index (χ1) is 12.8. The van der Waals surface area contributed by atoms with Crippen molar-refractivity contribution in [3.05, 3.63) is 23.9 Å². The number of carbonyl (C=O) groups excluding carboxylic acids is 1. The number of pyridine rings is 1. The second kappa shape index (κ2) is 9.54. The molecular weight excluding hydrogens is 326 g/mol. The Morgan fingerprint density at radius 1 is 1.15 bits per heavy atom. The first kappa shape index (κ1) is 18.7. The molecule has 2 heterocycles. The zero-order valence-corrected chi connectivity index (χ0v) is 15.5. The molecule has 140 valence electrons. The third kappa shape index (κ3) is 5.18. The van der Waals surface area contributed by atoms with Crippen LogP contribution in [-0.2, 0) is 4.79 Å². The van der Waals surface area contributed by atoms with E-state index in [1.807, 2.05) is 0 Å². The smallest absolute Gasteiger partial charge is 0.234 e. The summed E-state index contributed by atoms with van der Waals surface area (Å²) in [5.41, 5.74) is 0.614. The highest BCUT2D eigenvalue weighted by atomic mass is 16.2. The fourth-order valence-corrected chi connectivity index (χ4v) is 3.93. The Kier molecular flexibility index (Phi) is 6.84. The van der Waals surface area contributed by atoms with E-state index in [2.05, 4.69) is 26.2 Å². The van der Waals surface area contributed by atoms with E-state index in [1.165, 1.54) is 32.1 Å². The average molecular weight is 355 g/mol. The largest absolute Gasteiger partial charge is 0.353 e. The Morgan fingerprint density at radius 2 is 1.85 bits per heavy atom. The highest BCUT2D eigenvalue weighted by Gasteiger charge is 2.22. The maximum atomic E-state index is 12.4. The van der Waals surface area contributed by atoms with Gasteiger partial charge in [0, 0.05) is 38.4 Å². The summed E-state index contributed by atoms with van der Waals surface area (Å²) in [5, 5.41) is 12.5. The van der Waals surface area contributed by atoms with Crippen LogP contribution >= 0.6 is 0 Å². The van der Waals surface area contributed by atoms with Gasteiger partial charge in [0.2, 0.25) is 5.91 Å². The number of carbonyl (C=O) groups is 1. The number of anilines is 1. The molecule has 0 spiro atoms. The molecule has 26 heavy (non-hydrogen) atoms. The summed E-state index contributed by atoms with van der Waals surface area (Å²) in [5.74, 6) is 0.910. The topological polar surface area (TPSA) is 72.3 Å². The quantitative estimate of drug-likeness (QED) is 0.897. The van der Waals surface area contributed by atoms with E-state index in [1.54, 1.807) is 18.3 Å². The monoisotopic (exact) mass is 355 g/mol. The van der Waals surface area contributed by atoms with Crippen molar-refractivity contribution < 1.29 is 4.79 Å². The van der Waals surface area contributed by atoms with Crippen molar-refractivity contribution in [1.82, 2.24) is 15.2 Å². The Bertz CT molecular complexity index is 625. The molecule has 0 radical (unpaired) electrons. The van der Waals surface area contributed by atoms with Crippen molar-refractivity contribution >= 4 is 11.7 Å². The molecule has 2 aliphatic rings. The van der Waals surface area contributed by atoms with Crippen LogP contribution < -0.4 is 10.2 Å². The lowest BCUT2D eigenvalue weighted by Gasteiger charge is -2.35. The average Bonchev–Trinajstić information content (AvgIpc) is 2.64. The molecule has 1 aromatic heterocycles. The van der Waals surface area contributed by atoms with Gasteiger partial charge >= 0.3 is 0 Å². The van der Waals surface area contributed by atoms with Gasteiger partial charge in [0.1, 0.15) is 11.9 Å². The predicted molar refractivity (Wildman–Crippen MR) is 102 cm³/mol. The molecule has 2 fully saturated rings. The van der Waals surface area contributed by atoms with Gasteiger partial charge in [-0.05, 0) is 25.0 Å². The van der Waals surface area contributed by atoms with Gasteiger partial charge in [-0.3, -0.25) is 9.69 Å². The molecule has 0 unspecified atom stereocenters. The summed E-state index contributed by atoms with van der Waals surface area (Å²) >= 11 is 0. The number of aromatic nitrogens is 1. The Labute approximate surface area is 156 Å². The van der Waals surface area contributed by atoms with E-state index in [-0.39, 0.29) is 5.91 Å². The normalized spacial score (nSPS) is 20.0. The zero-order chi connectivity index (χ0) is 18.2. The lowest BCUT2D eigenvalue weighted by atomic mass is 9.97. The molecule has 1 aliphatic heterocycles. The fourth-order valence-electron chi connectivity index (χ4n) is 3.93. The number of nitriles is 1. The minimum Gasteiger partial charge on any atom is -0.353 e. The van der Waals surface area contributed by atoms with E-state index in [0.29, 0.717) is 18.2 Å². The minimum atomic E-state index is 0.152. The minimum absolute atomic E-state index is 0.152. The number of hydrogen-bond donors (Lipinski definition) is 1. The van der Waals surface area contributed by atoms with Gasteiger partial charge in [0.25, 0.3) is 0 Å². The first-order valence-corrected chi connectivity index (χ1v) is 9.88. The van der Waals surface area contributed by atoms with Crippen LogP contribution in [0.3, 0.4) is 0 Å². The molecule has 6 nitrogen and oxygen atoms in total. The summed E-state index contributed by atoms with van der Waals surface area (Å²) in [6.07, 6.45) is 10.4. The van der Waals surface area contributed by atoms with Crippen LogP contribution in [-0.4, -0.2) is 54.6 Å². The molecule has 1 N–H and O–H groups in total. The molecule has 1 aromatic rings. The number of piperazine rings is 1. The van der Waals surface area contributed by atoms with Crippen LogP contribution in [0, 0.1) is 11.3 Å². The third-order valence-corrected chi connectivity index (χ3v) is 5.42. The maximum Gasteiger partial charge on any atom is 0.234 e. The summed E-state index contributed by atoms with van der Waals surface area (Å²) < 4.78 is 0. The summed E-state index contributed by atoms with van der Waals surface area (Å²) in [7, 11) is 0. The van der Waals surface area contributed by atoms with Crippen LogP contribution in [0.25, 0.3) is 0 Å². The lowest BCUT2D eigenvalue weighted by Crippen LogP contribution is -2.51. The molecule has 3 rings (SSSR count). The van der Waals surface area contributed by atoms with E-state index in [4.69, 9.17) is 0 Å². The van der Waals surface area contributed by atoms with Gasteiger partial charge in [0.15, 0.2) is 0 Å². The molecular formula is C20H29N5O. The Hall–Kier alpha value is -2.13. The van der Waals surface area contributed by atoms with E-state index in [9.17, 15) is 10.1 Å². The highest BCUT2D eigenvalue weighted by Crippen LogP contribution is 2.19. The SMILES string of the molecule is N#Cc1cccnc1N1CCN(CC(=O)NC2CCCCCCC2)CC1. The number of hydrogen-bond acceptors (Lipinski definition) is 5. The van der Waals surface area contributed by atoms with Crippen molar-refractivity contribution in [3.8, 4) is 6.07 Å². The van der Waals surface area contributed by atoms with Gasteiger partial charge in [-0.15, -0.1) is 0 Å². The van der Waals surface area contributed by atoms with Gasteiger partial charge < -0.3 is 10.2 Å². The number of rotatable bonds is 4. The van der Waals surface area contributed by atoms with Crippen LogP contribution in [0.5, 0.6) is 0 Å². The number of nitrogens with one attached hydrogen (secondary N) is 1. The van der Waals surface area contributed by atoms with E-state index >= 15 is 0 Å². The molecule has 0 atom stereocenters. The molecule has 6 heteroatoms. The van der Waals surface area contributed by atoms with Crippen LogP contribution in [0.2, 0.25) is 0 Å². The predicted octanol–water partition coefficient (Wildman–Crippen LogP) is 2.30. The van der Waals surface area contributed by atoms with E-state index in [0.717, 1.165) is 44.8 Å². The van der Waals surface area contributed by atoms with Gasteiger partial charge in [-0.2, -0.15) is 5.26 Å². The van der Waals surface area contributed by atoms with Crippen molar-refractivity contribution in [2.45, 2.75) is 51.0 Å². The second-order valence-electron chi connectivity index (χ2n) is 7.36. The third-order valence-electron chi connectivity index (χ3n) is 5.42. The maximum absolute atomic E-state index is 12.4. The van der Waals surface area contributed by atoms with Crippen molar-refractivity contribution in [2.75, 3.05) is 37.6 Å². The highest BCUT2D eigenvalue weighted by molar-refractivity contribution is 5.78. The van der Waals surface area contributed by atoms with Crippen LogP contribution in [0.15, 0.2) is 18.3 Å². The van der Waals surface area contributed by atoms with Gasteiger partial charge in [-0.1, -0.05) is 32.1 Å². The molecule has 1 saturated heterocycles. The van der Waals surface area contributed by atoms with Crippen molar-refractivity contribution in [3.63, 3.8) is 0 Å². The molecule has 1 amide bonds. The van der Waals surface area contributed by atoms with Crippen molar-refractivity contribution in [1.29, 1.82) is 5.26 Å². The van der Waals surface area contributed by atoms with Gasteiger partial charge in [0.05, 0.1) is 12.1 Å². The van der Waals surface area contributed by atoms with Crippen LogP contribution in [0.1, 0.15) is 50.5 Å². The molecule has 0 aromatic carbocycles. The summed E-state index contributed by atoms with van der Waals surface area (Å²) in [4.78, 5) is 21.1. The molecule has 1 aliphatic carbocycles. The lowest BCUT2D eigenvalue weighted by molar-refractivity contribution is -0.123. The molecule has 0 bridgehead atoms. The summed E-state index contributed by atoms with van der Waals surface area (Å²) in [6, 6.07) is 6.16. The Balaban J connectivity index is 1.44.